The van der Waals surface area contributed by atoms with E-state index in [4.69, 9.17) is 11.6 Å². The number of rotatable bonds is 3. The smallest absolute Gasteiger partial charge is 0.319 e. The van der Waals surface area contributed by atoms with Crippen LogP contribution in [0.4, 0.5) is 14.9 Å². The molecule has 1 aromatic heterocycles. The molecule has 0 bridgehead atoms. The number of halogens is 2. The molecule has 0 aliphatic heterocycles. The first kappa shape index (κ1) is 13.8. The zero-order valence-corrected chi connectivity index (χ0v) is 11.6. The summed E-state index contributed by atoms with van der Waals surface area (Å²) in [4.78, 5) is 15.9. The van der Waals surface area contributed by atoms with Crippen molar-refractivity contribution in [3.05, 3.63) is 45.1 Å². The lowest BCUT2D eigenvalue weighted by Gasteiger charge is -2.08. The fourth-order valence-electron chi connectivity index (χ4n) is 1.40. The van der Waals surface area contributed by atoms with Crippen molar-refractivity contribution in [3.63, 3.8) is 0 Å². The van der Waals surface area contributed by atoms with Crippen LogP contribution in [-0.4, -0.2) is 11.0 Å². The highest BCUT2D eigenvalue weighted by Crippen LogP contribution is 2.22. The molecule has 1 aromatic carbocycles. The Morgan fingerprint density at radius 2 is 2.32 bits per heavy atom. The van der Waals surface area contributed by atoms with E-state index in [9.17, 15) is 9.18 Å². The van der Waals surface area contributed by atoms with Gasteiger partial charge in [0.15, 0.2) is 0 Å². The van der Waals surface area contributed by atoms with E-state index in [0.717, 1.165) is 16.8 Å². The van der Waals surface area contributed by atoms with Gasteiger partial charge < -0.3 is 10.6 Å². The van der Waals surface area contributed by atoms with Gasteiger partial charge in [-0.15, -0.1) is 11.3 Å². The molecular formula is C12H11ClFN3OS. The molecule has 0 fully saturated rings. The van der Waals surface area contributed by atoms with Gasteiger partial charge in [0.2, 0.25) is 0 Å². The summed E-state index contributed by atoms with van der Waals surface area (Å²) in [6.45, 7) is 2.22. The van der Waals surface area contributed by atoms with E-state index in [1.807, 2.05) is 12.3 Å². The SMILES string of the molecule is Cc1csc(CNC(=O)Nc2ccc(F)cc2Cl)n1. The third-order valence-corrected chi connectivity index (χ3v) is 3.53. The molecule has 2 N–H and O–H groups in total. The maximum Gasteiger partial charge on any atom is 0.319 e. The van der Waals surface area contributed by atoms with E-state index in [-0.39, 0.29) is 5.02 Å². The maximum atomic E-state index is 12.8. The van der Waals surface area contributed by atoms with Crippen molar-refractivity contribution in [1.82, 2.24) is 10.3 Å². The molecular weight excluding hydrogens is 289 g/mol. The van der Waals surface area contributed by atoms with Gasteiger partial charge in [-0.1, -0.05) is 11.6 Å². The number of hydrogen-bond acceptors (Lipinski definition) is 3. The second kappa shape index (κ2) is 5.99. The molecule has 0 radical (unpaired) electrons. The van der Waals surface area contributed by atoms with Gasteiger partial charge in [-0.3, -0.25) is 0 Å². The van der Waals surface area contributed by atoms with Gasteiger partial charge in [-0.2, -0.15) is 0 Å². The third-order valence-electron chi connectivity index (χ3n) is 2.25. The van der Waals surface area contributed by atoms with Gasteiger partial charge >= 0.3 is 6.03 Å². The number of benzene rings is 1. The molecule has 0 aliphatic carbocycles. The van der Waals surface area contributed by atoms with E-state index >= 15 is 0 Å². The van der Waals surface area contributed by atoms with Crippen LogP contribution in [0.15, 0.2) is 23.6 Å². The lowest BCUT2D eigenvalue weighted by molar-refractivity contribution is 0.251. The zero-order chi connectivity index (χ0) is 13.8. The van der Waals surface area contributed by atoms with Gasteiger partial charge in [-0.25, -0.2) is 14.2 Å². The highest BCUT2D eigenvalue weighted by Gasteiger charge is 2.07. The first-order chi connectivity index (χ1) is 9.04. The second-order valence-corrected chi connectivity index (χ2v) is 5.16. The Kier molecular flexibility index (Phi) is 4.34. The second-order valence-electron chi connectivity index (χ2n) is 3.81. The van der Waals surface area contributed by atoms with E-state index < -0.39 is 11.8 Å². The number of carbonyl (C=O) groups excluding carboxylic acids is 1. The molecule has 2 aromatic rings. The number of nitrogens with zero attached hydrogens (tertiary/aromatic N) is 1. The van der Waals surface area contributed by atoms with Crippen molar-refractivity contribution >= 4 is 34.7 Å². The number of anilines is 1. The molecule has 0 aliphatic rings. The molecule has 0 unspecified atom stereocenters. The van der Waals surface area contributed by atoms with E-state index in [1.165, 1.54) is 23.5 Å². The van der Waals surface area contributed by atoms with E-state index in [1.54, 1.807) is 0 Å². The predicted octanol–water partition coefficient (Wildman–Crippen LogP) is 3.57. The molecule has 2 amide bonds. The zero-order valence-electron chi connectivity index (χ0n) is 10.0. The van der Waals surface area contributed by atoms with E-state index in [2.05, 4.69) is 15.6 Å². The molecule has 0 spiro atoms. The highest BCUT2D eigenvalue weighted by molar-refractivity contribution is 7.09. The molecule has 0 saturated heterocycles. The summed E-state index contributed by atoms with van der Waals surface area (Å²) < 4.78 is 12.8. The van der Waals surface area contributed by atoms with Gasteiger partial charge in [0.1, 0.15) is 10.8 Å². The normalized spacial score (nSPS) is 10.3. The summed E-state index contributed by atoms with van der Waals surface area (Å²) in [6.07, 6.45) is 0. The molecule has 0 saturated carbocycles. The van der Waals surface area contributed by atoms with Crippen LogP contribution in [0, 0.1) is 12.7 Å². The summed E-state index contributed by atoms with van der Waals surface area (Å²) in [7, 11) is 0. The first-order valence-corrected chi connectivity index (χ1v) is 6.71. The fourth-order valence-corrected chi connectivity index (χ4v) is 2.32. The average Bonchev–Trinajstić information content (AvgIpc) is 2.76. The lowest BCUT2D eigenvalue weighted by atomic mass is 10.3. The quantitative estimate of drug-likeness (QED) is 0.910. The average molecular weight is 300 g/mol. The van der Waals surface area contributed by atoms with Gasteiger partial charge in [0.05, 0.1) is 17.3 Å². The van der Waals surface area contributed by atoms with Crippen molar-refractivity contribution in [3.8, 4) is 0 Å². The van der Waals surface area contributed by atoms with E-state index in [0.29, 0.717) is 12.2 Å². The number of nitrogens with one attached hydrogen (secondary N) is 2. The van der Waals surface area contributed by atoms with Gasteiger partial charge in [-0.05, 0) is 25.1 Å². The predicted molar refractivity (Wildman–Crippen MR) is 74.1 cm³/mol. The van der Waals surface area contributed by atoms with Crippen molar-refractivity contribution in [2.24, 2.45) is 0 Å². The number of urea groups is 1. The number of thiazole rings is 1. The van der Waals surface area contributed by atoms with Gasteiger partial charge in [0.25, 0.3) is 0 Å². The third kappa shape index (κ3) is 3.90. The Labute approximate surface area is 118 Å². The standard InChI is InChI=1S/C12H11ClFN3OS/c1-7-6-19-11(16-7)5-15-12(18)17-10-3-2-8(14)4-9(10)13/h2-4,6H,5H2,1H3,(H2,15,17,18). The summed E-state index contributed by atoms with van der Waals surface area (Å²) in [5.74, 6) is -0.450. The van der Waals surface area contributed by atoms with Crippen molar-refractivity contribution in [2.75, 3.05) is 5.32 Å². The van der Waals surface area contributed by atoms with Crippen LogP contribution in [0.1, 0.15) is 10.7 Å². The van der Waals surface area contributed by atoms with Crippen molar-refractivity contribution in [2.45, 2.75) is 13.5 Å². The Hall–Kier alpha value is -1.66. The minimum atomic E-state index is -0.450. The fraction of sp³-hybridized carbons (Fsp3) is 0.167. The van der Waals surface area contributed by atoms with Crippen LogP contribution in [0.25, 0.3) is 0 Å². The van der Waals surface area contributed by atoms with Gasteiger partial charge in [0, 0.05) is 11.1 Å². The summed E-state index contributed by atoms with van der Waals surface area (Å²) in [5, 5.41) is 8.07. The van der Waals surface area contributed by atoms with Crippen molar-refractivity contribution in [1.29, 1.82) is 0 Å². The Balaban J connectivity index is 1.90. The molecule has 4 nitrogen and oxygen atoms in total. The number of aryl methyl sites for hydroxylation is 1. The number of carbonyl (C=O) groups is 1. The van der Waals surface area contributed by atoms with Crippen LogP contribution in [-0.2, 0) is 6.54 Å². The number of aromatic nitrogens is 1. The first-order valence-electron chi connectivity index (χ1n) is 5.45. The van der Waals surface area contributed by atoms with Crippen LogP contribution in [0.2, 0.25) is 5.02 Å². The summed E-state index contributed by atoms with van der Waals surface area (Å²) in [6, 6.07) is 3.36. The topological polar surface area (TPSA) is 54.0 Å². The van der Waals surface area contributed by atoms with Crippen LogP contribution in [0.5, 0.6) is 0 Å². The minimum Gasteiger partial charge on any atom is -0.331 e. The molecule has 100 valence electrons. The molecule has 2 rings (SSSR count). The summed E-state index contributed by atoms with van der Waals surface area (Å²) in [5.41, 5.74) is 1.28. The largest absolute Gasteiger partial charge is 0.331 e. The number of amides is 2. The molecule has 19 heavy (non-hydrogen) atoms. The van der Waals surface area contributed by atoms with Crippen LogP contribution in [0.3, 0.4) is 0 Å². The maximum absolute atomic E-state index is 12.8. The number of hydrogen-bond donors (Lipinski definition) is 2. The Morgan fingerprint density at radius 1 is 1.53 bits per heavy atom. The Bertz CT molecular complexity index is 602. The molecule has 7 heteroatoms. The van der Waals surface area contributed by atoms with Crippen molar-refractivity contribution < 1.29 is 9.18 Å². The van der Waals surface area contributed by atoms with Crippen LogP contribution >= 0.6 is 22.9 Å². The molecule has 0 atom stereocenters. The molecule has 1 heterocycles. The minimum absolute atomic E-state index is 0.153. The van der Waals surface area contributed by atoms with Crippen LogP contribution < -0.4 is 10.6 Å². The Morgan fingerprint density at radius 3 is 2.95 bits per heavy atom. The highest BCUT2D eigenvalue weighted by atomic mass is 35.5. The monoisotopic (exact) mass is 299 g/mol. The summed E-state index contributed by atoms with van der Waals surface area (Å²) >= 11 is 7.27. The lowest BCUT2D eigenvalue weighted by Crippen LogP contribution is -2.28.